The number of nitrogens with zero attached hydrogens (tertiary/aromatic N) is 1. The summed E-state index contributed by atoms with van der Waals surface area (Å²) < 4.78 is 21.9. The Balaban J connectivity index is 2.02. The number of carbonyl (C=O) groups is 2. The fourth-order valence-corrected chi connectivity index (χ4v) is 5.18. The molecule has 1 atom stereocenters. The first-order valence-corrected chi connectivity index (χ1v) is 12.7. The molecule has 3 aromatic rings. The van der Waals surface area contributed by atoms with Gasteiger partial charge in [0.05, 0.1) is 49.6 Å². The molecule has 1 heterocycles. The molecule has 1 aliphatic heterocycles. The molecule has 1 fully saturated rings. The van der Waals surface area contributed by atoms with Crippen LogP contribution >= 0.6 is 23.2 Å². The summed E-state index contributed by atoms with van der Waals surface area (Å²) in [6.07, 6.45) is -0.113. The first-order chi connectivity index (χ1) is 18.6. The van der Waals surface area contributed by atoms with Gasteiger partial charge >= 0.3 is 0 Å². The zero-order valence-corrected chi connectivity index (χ0v) is 23.5. The summed E-state index contributed by atoms with van der Waals surface area (Å²) in [6.45, 7) is 3.77. The van der Waals surface area contributed by atoms with E-state index >= 15 is 0 Å². The summed E-state index contributed by atoms with van der Waals surface area (Å²) in [6, 6.07) is 14.1. The Kier molecular flexibility index (Phi) is 8.28. The molecule has 204 valence electrons. The number of carbonyl (C=O) groups excluding carboxylic acids is 2. The average Bonchev–Trinajstić information content (AvgIpc) is 3.18. The Morgan fingerprint density at radius 1 is 0.897 bits per heavy atom. The SMILES string of the molecule is COc1cccc(N2C(=O)C(=O)/C(=C(/O)c3cc(Cl)c(OC)c(Cl)c3OC)C2c2cccc(OC(C)C)c2)c1. The normalized spacial score (nSPS) is 16.5. The highest BCUT2D eigenvalue weighted by Gasteiger charge is 2.47. The Labute approximate surface area is 236 Å². The van der Waals surface area contributed by atoms with Crippen molar-refractivity contribution < 1.29 is 33.6 Å². The lowest BCUT2D eigenvalue weighted by Gasteiger charge is -2.26. The third kappa shape index (κ3) is 5.22. The predicted molar refractivity (Wildman–Crippen MR) is 150 cm³/mol. The van der Waals surface area contributed by atoms with Crippen LogP contribution in [0.5, 0.6) is 23.0 Å². The van der Waals surface area contributed by atoms with Crippen molar-refractivity contribution in [2.75, 3.05) is 26.2 Å². The van der Waals surface area contributed by atoms with E-state index in [0.29, 0.717) is 22.7 Å². The maximum atomic E-state index is 13.6. The zero-order valence-electron chi connectivity index (χ0n) is 22.0. The minimum absolute atomic E-state index is 0.0000416. The molecule has 1 amide bonds. The highest BCUT2D eigenvalue weighted by atomic mass is 35.5. The number of Topliss-reactive ketones (excluding diaryl/α,β-unsaturated/α-hetero) is 1. The summed E-state index contributed by atoms with van der Waals surface area (Å²) in [5.41, 5.74) is 0.770. The first kappa shape index (κ1) is 28.1. The van der Waals surface area contributed by atoms with Gasteiger partial charge in [-0.15, -0.1) is 0 Å². The Morgan fingerprint density at radius 3 is 2.21 bits per heavy atom. The number of rotatable bonds is 8. The molecule has 1 N–H and O–H groups in total. The number of benzene rings is 3. The number of aliphatic hydroxyl groups excluding tert-OH is 1. The lowest BCUT2D eigenvalue weighted by Crippen LogP contribution is -2.29. The van der Waals surface area contributed by atoms with Crippen LogP contribution in [0.3, 0.4) is 0 Å². The van der Waals surface area contributed by atoms with Gasteiger partial charge in [0.25, 0.3) is 11.7 Å². The number of halogens is 2. The van der Waals surface area contributed by atoms with Gasteiger partial charge in [0.15, 0.2) is 11.5 Å². The molecule has 1 aliphatic rings. The van der Waals surface area contributed by atoms with Gasteiger partial charge in [0, 0.05) is 11.8 Å². The van der Waals surface area contributed by atoms with E-state index in [1.807, 2.05) is 13.8 Å². The standard InChI is InChI=1S/C29H27Cl2NO7/c1-15(2)39-19-11-6-8-16(12-19)24-22(25(33)20-14-21(30)28(38-5)23(31)27(20)37-4)26(34)29(35)32(24)17-9-7-10-18(13-17)36-3/h6-15,24,33H,1-5H3/b25-22+. The van der Waals surface area contributed by atoms with Crippen LogP contribution in [0.1, 0.15) is 31.0 Å². The van der Waals surface area contributed by atoms with E-state index in [4.69, 9.17) is 42.1 Å². The molecule has 0 saturated carbocycles. The maximum Gasteiger partial charge on any atom is 0.300 e. The molecule has 1 saturated heterocycles. The molecule has 8 nitrogen and oxygen atoms in total. The molecule has 0 radical (unpaired) electrons. The third-order valence-electron chi connectivity index (χ3n) is 6.12. The molecule has 0 bridgehead atoms. The van der Waals surface area contributed by atoms with E-state index in [0.717, 1.165) is 0 Å². The smallest absolute Gasteiger partial charge is 0.300 e. The summed E-state index contributed by atoms with van der Waals surface area (Å²) in [4.78, 5) is 28.4. The molecule has 10 heteroatoms. The molecule has 39 heavy (non-hydrogen) atoms. The van der Waals surface area contributed by atoms with Crippen LogP contribution in [0.4, 0.5) is 5.69 Å². The maximum absolute atomic E-state index is 13.6. The quantitative estimate of drug-likeness (QED) is 0.189. The van der Waals surface area contributed by atoms with Gasteiger partial charge in [0.1, 0.15) is 22.3 Å². The van der Waals surface area contributed by atoms with Crippen molar-refractivity contribution in [1.29, 1.82) is 0 Å². The van der Waals surface area contributed by atoms with E-state index in [1.54, 1.807) is 48.5 Å². The van der Waals surface area contributed by atoms with Crippen molar-refractivity contribution in [2.24, 2.45) is 0 Å². The van der Waals surface area contributed by atoms with Gasteiger partial charge in [0.2, 0.25) is 0 Å². The zero-order chi connectivity index (χ0) is 28.4. The number of hydrogen-bond donors (Lipinski definition) is 1. The molecule has 4 rings (SSSR count). The van der Waals surface area contributed by atoms with Crippen molar-refractivity contribution in [3.63, 3.8) is 0 Å². The topological polar surface area (TPSA) is 94.5 Å². The Morgan fingerprint density at radius 2 is 1.56 bits per heavy atom. The molecule has 3 aromatic carbocycles. The number of amides is 1. The van der Waals surface area contributed by atoms with Crippen molar-refractivity contribution in [1.82, 2.24) is 0 Å². The molecule has 0 spiro atoms. The Bertz CT molecular complexity index is 1470. The van der Waals surface area contributed by atoms with E-state index in [9.17, 15) is 14.7 Å². The minimum Gasteiger partial charge on any atom is -0.507 e. The molecular weight excluding hydrogens is 545 g/mol. The fraction of sp³-hybridized carbons (Fsp3) is 0.241. The van der Waals surface area contributed by atoms with Crippen molar-refractivity contribution >= 4 is 46.3 Å². The predicted octanol–water partition coefficient (Wildman–Crippen LogP) is 6.43. The summed E-state index contributed by atoms with van der Waals surface area (Å²) in [5, 5.41) is 11.7. The van der Waals surface area contributed by atoms with Crippen molar-refractivity contribution in [2.45, 2.75) is 26.0 Å². The van der Waals surface area contributed by atoms with Crippen LogP contribution in [-0.4, -0.2) is 44.2 Å². The number of aliphatic hydroxyl groups is 1. The second-order valence-corrected chi connectivity index (χ2v) is 9.68. The highest BCUT2D eigenvalue weighted by molar-refractivity contribution is 6.52. The van der Waals surface area contributed by atoms with Crippen molar-refractivity contribution in [3.8, 4) is 23.0 Å². The number of ether oxygens (including phenoxy) is 4. The van der Waals surface area contributed by atoms with Crippen LogP contribution in [0.2, 0.25) is 10.0 Å². The van der Waals surface area contributed by atoms with Gasteiger partial charge in [-0.3, -0.25) is 14.5 Å². The monoisotopic (exact) mass is 571 g/mol. The van der Waals surface area contributed by atoms with E-state index < -0.39 is 23.5 Å². The Hall–Kier alpha value is -3.88. The van der Waals surface area contributed by atoms with Gasteiger partial charge in [-0.25, -0.2) is 0 Å². The van der Waals surface area contributed by atoms with E-state index in [-0.39, 0.29) is 38.8 Å². The number of anilines is 1. The molecule has 1 unspecified atom stereocenters. The second kappa shape index (κ2) is 11.5. The summed E-state index contributed by atoms with van der Waals surface area (Å²) in [7, 11) is 4.24. The van der Waals surface area contributed by atoms with Gasteiger partial charge in [-0.05, 0) is 49.7 Å². The molecule has 0 aromatic heterocycles. The number of ketones is 1. The van der Waals surface area contributed by atoms with Gasteiger partial charge < -0.3 is 24.1 Å². The minimum atomic E-state index is -1.03. The molecule has 0 aliphatic carbocycles. The average molecular weight is 572 g/mol. The first-order valence-electron chi connectivity index (χ1n) is 11.9. The van der Waals surface area contributed by atoms with Crippen LogP contribution in [0, 0.1) is 0 Å². The lowest BCUT2D eigenvalue weighted by atomic mass is 9.94. The summed E-state index contributed by atoms with van der Waals surface area (Å²) in [5.74, 6) is -1.07. The second-order valence-electron chi connectivity index (χ2n) is 8.90. The van der Waals surface area contributed by atoms with Gasteiger partial charge in [-0.2, -0.15) is 0 Å². The highest BCUT2D eigenvalue weighted by Crippen LogP contribution is 2.48. The number of methoxy groups -OCH3 is 3. The van der Waals surface area contributed by atoms with Crippen LogP contribution in [0.15, 0.2) is 60.2 Å². The number of hydrogen-bond acceptors (Lipinski definition) is 7. The van der Waals surface area contributed by atoms with Crippen molar-refractivity contribution in [3.05, 3.63) is 81.3 Å². The fourth-order valence-electron chi connectivity index (χ4n) is 4.50. The lowest BCUT2D eigenvalue weighted by molar-refractivity contribution is -0.132. The van der Waals surface area contributed by atoms with Gasteiger partial charge in [-0.1, -0.05) is 41.4 Å². The van der Waals surface area contributed by atoms with E-state index in [2.05, 4.69) is 0 Å². The third-order valence-corrected chi connectivity index (χ3v) is 6.74. The van der Waals surface area contributed by atoms with Crippen LogP contribution in [-0.2, 0) is 9.59 Å². The van der Waals surface area contributed by atoms with Crippen LogP contribution in [0.25, 0.3) is 5.76 Å². The summed E-state index contributed by atoms with van der Waals surface area (Å²) >= 11 is 12.8. The van der Waals surface area contributed by atoms with Crippen LogP contribution < -0.4 is 23.8 Å². The molecular formula is C29H27Cl2NO7. The largest absolute Gasteiger partial charge is 0.507 e. The van der Waals surface area contributed by atoms with E-state index in [1.165, 1.54) is 32.3 Å².